The molecule has 0 spiro atoms. The summed E-state index contributed by atoms with van der Waals surface area (Å²) in [6.45, 7) is 11.6. The molecule has 0 aromatic heterocycles. The van der Waals surface area contributed by atoms with Gasteiger partial charge in [-0.05, 0) is 35.5 Å². The van der Waals surface area contributed by atoms with E-state index in [9.17, 15) is 4.79 Å². The molecule has 0 amide bonds. The molecule has 0 radical (unpaired) electrons. The number of hydrogen-bond donors (Lipinski definition) is 0. The minimum absolute atomic E-state index is 0.0170. The third-order valence-corrected chi connectivity index (χ3v) is 5.85. The van der Waals surface area contributed by atoms with Crippen molar-refractivity contribution < 1.29 is 4.79 Å². The van der Waals surface area contributed by atoms with Gasteiger partial charge >= 0.3 is 0 Å². The predicted molar refractivity (Wildman–Crippen MR) is 60.4 cm³/mol. The van der Waals surface area contributed by atoms with Gasteiger partial charge in [0.15, 0.2) is 0 Å². The maximum absolute atomic E-state index is 12.4. The highest BCUT2D eigenvalue weighted by atomic mass is 16.1. The average molecular weight is 206 g/mol. The first-order valence-corrected chi connectivity index (χ1v) is 6.24. The second-order valence-corrected chi connectivity index (χ2v) is 7.73. The van der Waals surface area contributed by atoms with Crippen molar-refractivity contribution in [3.8, 4) is 0 Å². The van der Waals surface area contributed by atoms with Crippen LogP contribution in [0.5, 0.6) is 0 Å². The molecule has 5 aliphatic carbocycles. The summed E-state index contributed by atoms with van der Waals surface area (Å²) in [5.41, 5.74) is 0.702. The molecule has 5 saturated carbocycles. The molecule has 0 aromatic rings. The predicted octanol–water partition coefficient (Wildman–Crippen LogP) is 3.28. The van der Waals surface area contributed by atoms with E-state index in [1.807, 2.05) is 0 Å². The van der Waals surface area contributed by atoms with Crippen LogP contribution in [0.1, 0.15) is 47.5 Å². The largest absolute Gasteiger partial charge is 0.299 e. The Bertz CT molecular complexity index is 352. The average Bonchev–Trinajstić information content (AvgIpc) is 2.04. The van der Waals surface area contributed by atoms with Gasteiger partial charge in [0, 0.05) is 11.3 Å². The maximum atomic E-state index is 12.4. The number of Topliss-reactive ketones (excluding diaryl/α,β-unsaturated/α-hetero) is 1. The topological polar surface area (TPSA) is 17.1 Å². The summed E-state index contributed by atoms with van der Waals surface area (Å²) in [4.78, 5) is 12.4. The van der Waals surface area contributed by atoms with Crippen molar-refractivity contribution in [2.45, 2.75) is 47.5 Å². The normalized spacial score (nSPS) is 53.9. The van der Waals surface area contributed by atoms with Gasteiger partial charge in [0.25, 0.3) is 0 Å². The van der Waals surface area contributed by atoms with Crippen molar-refractivity contribution in [2.24, 2.45) is 34.0 Å². The Kier molecular flexibility index (Phi) is 1.44. The number of carbonyl (C=O) groups excluding carboxylic acids is 1. The standard InChI is InChI=1S/C14H22O/c1-12(2)7-14(5)6-8-9(12)10(11(14)15)13(8,3)4/h8-10H,6-7H2,1-5H3/t8-,9?,10?,14+/m1/s1. The molecule has 0 heterocycles. The molecule has 1 nitrogen and oxygen atoms in total. The van der Waals surface area contributed by atoms with Crippen LogP contribution in [0.4, 0.5) is 0 Å². The second kappa shape index (κ2) is 2.19. The lowest BCUT2D eigenvalue weighted by atomic mass is 9.29. The smallest absolute Gasteiger partial charge is 0.142 e. The maximum Gasteiger partial charge on any atom is 0.142 e. The molecule has 84 valence electrons. The first-order chi connectivity index (χ1) is 6.70. The van der Waals surface area contributed by atoms with Crippen molar-refractivity contribution in [3.05, 3.63) is 0 Å². The van der Waals surface area contributed by atoms with Crippen LogP contribution in [0.25, 0.3) is 0 Å². The van der Waals surface area contributed by atoms with Crippen molar-refractivity contribution >= 4 is 5.78 Å². The van der Waals surface area contributed by atoms with E-state index in [1.54, 1.807) is 0 Å². The van der Waals surface area contributed by atoms with E-state index in [0.717, 1.165) is 18.8 Å². The summed E-state index contributed by atoms with van der Waals surface area (Å²) in [5, 5.41) is 0. The lowest BCUT2D eigenvalue weighted by Crippen LogP contribution is -2.73. The summed E-state index contributed by atoms with van der Waals surface area (Å²) in [7, 11) is 0. The number of rotatable bonds is 0. The van der Waals surface area contributed by atoms with Crippen LogP contribution in [0.3, 0.4) is 0 Å². The summed E-state index contributed by atoms with van der Waals surface area (Å²) in [6, 6.07) is 0. The first kappa shape index (κ1) is 9.86. The lowest BCUT2D eigenvalue weighted by Gasteiger charge is -2.74. The molecule has 4 bridgehead atoms. The van der Waals surface area contributed by atoms with E-state index in [-0.39, 0.29) is 5.41 Å². The van der Waals surface area contributed by atoms with Gasteiger partial charge < -0.3 is 0 Å². The van der Waals surface area contributed by atoms with Gasteiger partial charge in [0.1, 0.15) is 5.78 Å². The van der Waals surface area contributed by atoms with Gasteiger partial charge in [-0.25, -0.2) is 0 Å². The van der Waals surface area contributed by atoms with E-state index >= 15 is 0 Å². The summed E-state index contributed by atoms with van der Waals surface area (Å²) >= 11 is 0. The molecule has 5 fully saturated rings. The van der Waals surface area contributed by atoms with E-state index < -0.39 is 0 Å². The van der Waals surface area contributed by atoms with Crippen LogP contribution in [0.15, 0.2) is 0 Å². The molecular weight excluding hydrogens is 184 g/mol. The summed E-state index contributed by atoms with van der Waals surface area (Å²) in [6.07, 6.45) is 2.27. The van der Waals surface area contributed by atoms with Crippen LogP contribution in [-0.4, -0.2) is 5.78 Å². The zero-order valence-corrected chi connectivity index (χ0v) is 10.6. The van der Waals surface area contributed by atoms with Crippen molar-refractivity contribution in [3.63, 3.8) is 0 Å². The molecule has 5 aliphatic rings. The SMILES string of the molecule is CC1(C)C[C@]2(C)C[C@@H]3C1C(C2=O)C3(C)C. The quantitative estimate of drug-likeness (QED) is 0.594. The van der Waals surface area contributed by atoms with Gasteiger partial charge in [-0.1, -0.05) is 34.6 Å². The minimum atomic E-state index is 0.0170. The van der Waals surface area contributed by atoms with Crippen LogP contribution < -0.4 is 0 Å². The van der Waals surface area contributed by atoms with E-state index in [2.05, 4.69) is 34.6 Å². The third kappa shape index (κ3) is 0.855. The molecule has 0 aliphatic heterocycles. The van der Waals surface area contributed by atoms with Crippen LogP contribution in [0.2, 0.25) is 0 Å². The summed E-state index contributed by atoms with van der Waals surface area (Å²) in [5.74, 6) is 2.43. The Hall–Kier alpha value is -0.330. The Morgan fingerprint density at radius 1 is 1.13 bits per heavy atom. The van der Waals surface area contributed by atoms with E-state index in [1.165, 1.54) is 0 Å². The van der Waals surface area contributed by atoms with Gasteiger partial charge in [-0.2, -0.15) is 0 Å². The second-order valence-electron chi connectivity index (χ2n) is 7.73. The van der Waals surface area contributed by atoms with Crippen molar-refractivity contribution in [2.75, 3.05) is 0 Å². The fraction of sp³-hybridized carbons (Fsp3) is 0.929. The fourth-order valence-electron chi connectivity index (χ4n) is 5.40. The zero-order chi connectivity index (χ0) is 11.2. The number of ketones is 1. The highest BCUT2D eigenvalue weighted by Crippen LogP contribution is 2.75. The van der Waals surface area contributed by atoms with Gasteiger partial charge in [-0.3, -0.25) is 4.79 Å². The minimum Gasteiger partial charge on any atom is -0.299 e. The lowest BCUT2D eigenvalue weighted by molar-refractivity contribution is -0.246. The number of carbonyl (C=O) groups is 1. The number of hydrogen-bond acceptors (Lipinski definition) is 1. The Balaban J connectivity index is 2.11. The first-order valence-electron chi connectivity index (χ1n) is 6.24. The molecule has 2 unspecified atom stereocenters. The molecule has 0 saturated heterocycles. The Morgan fingerprint density at radius 3 is 2.27 bits per heavy atom. The van der Waals surface area contributed by atoms with E-state index in [0.29, 0.717) is 28.4 Å². The van der Waals surface area contributed by atoms with E-state index in [4.69, 9.17) is 0 Å². The number of fused-ring (bicyclic) bond motifs is 1. The molecule has 0 aromatic carbocycles. The van der Waals surface area contributed by atoms with Gasteiger partial charge in [0.2, 0.25) is 0 Å². The summed E-state index contributed by atoms with van der Waals surface area (Å²) < 4.78 is 0. The van der Waals surface area contributed by atoms with Crippen LogP contribution in [0, 0.1) is 34.0 Å². The molecule has 0 N–H and O–H groups in total. The highest BCUT2D eigenvalue weighted by molar-refractivity contribution is 5.91. The van der Waals surface area contributed by atoms with Crippen molar-refractivity contribution in [1.82, 2.24) is 0 Å². The van der Waals surface area contributed by atoms with Crippen LogP contribution in [-0.2, 0) is 4.79 Å². The van der Waals surface area contributed by atoms with Crippen molar-refractivity contribution in [1.29, 1.82) is 0 Å². The fourth-order valence-corrected chi connectivity index (χ4v) is 5.40. The highest BCUT2D eigenvalue weighted by Gasteiger charge is 2.74. The molecule has 4 atom stereocenters. The monoisotopic (exact) mass is 206 g/mol. The molecular formula is C14H22O. The third-order valence-electron chi connectivity index (χ3n) is 5.85. The Labute approximate surface area is 92.6 Å². The molecule has 5 rings (SSSR count). The van der Waals surface area contributed by atoms with Gasteiger partial charge in [-0.15, -0.1) is 0 Å². The van der Waals surface area contributed by atoms with Gasteiger partial charge in [0.05, 0.1) is 0 Å². The molecule has 15 heavy (non-hydrogen) atoms. The Morgan fingerprint density at radius 2 is 1.73 bits per heavy atom. The molecule has 1 heteroatoms. The zero-order valence-electron chi connectivity index (χ0n) is 10.6. The van der Waals surface area contributed by atoms with Crippen LogP contribution >= 0.6 is 0 Å².